The lowest BCUT2D eigenvalue weighted by atomic mass is 9.86. The van der Waals surface area contributed by atoms with Crippen molar-refractivity contribution < 1.29 is 15.0 Å². The Balaban J connectivity index is 0.827. The molecular weight excluding hydrogens is 552 g/mol. The van der Waals surface area contributed by atoms with Crippen molar-refractivity contribution in [2.45, 2.75) is 62.8 Å². The Hall–Kier alpha value is -3.95. The number of imidazole rings is 2. The molecule has 4 aliphatic heterocycles. The molecule has 4 unspecified atom stereocenters. The topological polar surface area (TPSA) is 99.7 Å². The molecule has 4 atom stereocenters. The number of nitrogens with zero attached hydrogens (tertiary/aromatic N) is 6. The van der Waals surface area contributed by atoms with Crippen LogP contribution in [0.25, 0.3) is 22.5 Å². The van der Waals surface area contributed by atoms with E-state index in [-0.39, 0.29) is 30.0 Å². The van der Waals surface area contributed by atoms with E-state index in [4.69, 9.17) is 0 Å². The molecule has 2 aromatic carbocycles. The molecule has 2 saturated heterocycles. The van der Waals surface area contributed by atoms with Crippen molar-refractivity contribution in [3.05, 3.63) is 84.7 Å². The van der Waals surface area contributed by atoms with Gasteiger partial charge in [-0.1, -0.05) is 48.5 Å². The maximum atomic E-state index is 13.5. The smallest absolute Gasteiger partial charge is 0.319 e. The average Bonchev–Trinajstić information content (AvgIpc) is 3.85. The fourth-order valence-corrected chi connectivity index (χ4v) is 8.34. The van der Waals surface area contributed by atoms with Gasteiger partial charge in [0.2, 0.25) is 0 Å². The number of aromatic nitrogens is 4. The van der Waals surface area contributed by atoms with Gasteiger partial charge in [-0.15, -0.1) is 0 Å². The number of carbonyl (C=O) groups excluding carboxylic acids is 1. The van der Waals surface area contributed by atoms with Crippen LogP contribution < -0.4 is 0 Å². The van der Waals surface area contributed by atoms with E-state index in [2.05, 4.69) is 67.6 Å². The summed E-state index contributed by atoms with van der Waals surface area (Å²) in [6, 6.07) is 17.1. The van der Waals surface area contributed by atoms with E-state index in [1.165, 1.54) is 22.3 Å². The summed E-state index contributed by atoms with van der Waals surface area (Å²) in [5, 5.41) is 22.6. The number of aliphatic hydroxyl groups excluding tert-OH is 2. The molecule has 9 heteroatoms. The van der Waals surface area contributed by atoms with E-state index in [1.807, 2.05) is 34.8 Å². The Morgan fingerprint density at radius 2 is 1.09 bits per heavy atom. The third-order valence-corrected chi connectivity index (χ3v) is 10.8. The van der Waals surface area contributed by atoms with Gasteiger partial charge in [-0.25, -0.2) is 14.8 Å². The highest BCUT2D eigenvalue weighted by molar-refractivity contribution is 5.74. The van der Waals surface area contributed by atoms with Crippen LogP contribution in [-0.2, 0) is 0 Å². The number of urea groups is 1. The van der Waals surface area contributed by atoms with Crippen molar-refractivity contribution in [1.29, 1.82) is 0 Å². The fourth-order valence-electron chi connectivity index (χ4n) is 8.34. The molecule has 0 aliphatic carbocycles. The van der Waals surface area contributed by atoms with Gasteiger partial charge in [0.1, 0.15) is 0 Å². The van der Waals surface area contributed by atoms with Crippen molar-refractivity contribution >= 4 is 6.03 Å². The quantitative estimate of drug-likeness (QED) is 0.330. The Labute approximate surface area is 257 Å². The van der Waals surface area contributed by atoms with Crippen LogP contribution >= 0.6 is 0 Å². The van der Waals surface area contributed by atoms with Crippen molar-refractivity contribution in [2.24, 2.45) is 11.8 Å². The zero-order valence-corrected chi connectivity index (χ0v) is 24.9. The van der Waals surface area contributed by atoms with Crippen molar-refractivity contribution in [3.8, 4) is 22.5 Å². The van der Waals surface area contributed by atoms with Gasteiger partial charge >= 0.3 is 6.03 Å². The molecule has 6 heterocycles. The number of hydrogen-bond donors (Lipinski definition) is 2. The third kappa shape index (κ3) is 4.64. The molecule has 0 radical (unpaired) electrons. The van der Waals surface area contributed by atoms with Gasteiger partial charge in [-0.05, 0) is 61.5 Å². The number of benzene rings is 2. The summed E-state index contributed by atoms with van der Waals surface area (Å²) in [4.78, 5) is 26.1. The third-order valence-electron chi connectivity index (χ3n) is 10.8. The second kappa shape index (κ2) is 11.2. The number of aliphatic hydroxyl groups is 2. The molecule has 0 saturated carbocycles. The van der Waals surface area contributed by atoms with E-state index < -0.39 is 12.2 Å². The van der Waals surface area contributed by atoms with E-state index in [0.29, 0.717) is 39.0 Å². The molecule has 44 heavy (non-hydrogen) atoms. The molecule has 2 amide bonds. The van der Waals surface area contributed by atoms with Crippen LogP contribution in [0.3, 0.4) is 0 Å². The number of hydrogen-bond acceptors (Lipinski definition) is 5. The van der Waals surface area contributed by atoms with Crippen molar-refractivity contribution in [1.82, 2.24) is 28.9 Å². The lowest BCUT2D eigenvalue weighted by Gasteiger charge is -2.40. The molecule has 8 rings (SSSR count). The molecule has 9 nitrogen and oxygen atoms in total. The number of likely N-dealkylation sites (tertiary alicyclic amines) is 2. The molecule has 2 N–H and O–H groups in total. The van der Waals surface area contributed by atoms with Crippen molar-refractivity contribution in [2.75, 3.05) is 26.2 Å². The van der Waals surface area contributed by atoms with Gasteiger partial charge in [0, 0.05) is 37.3 Å². The molecule has 228 valence electrons. The van der Waals surface area contributed by atoms with Crippen LogP contribution in [-0.4, -0.2) is 83.5 Å². The van der Waals surface area contributed by atoms with E-state index in [1.54, 1.807) is 0 Å². The van der Waals surface area contributed by atoms with Crippen LogP contribution in [0.1, 0.15) is 61.7 Å². The van der Waals surface area contributed by atoms with Crippen LogP contribution in [0.2, 0.25) is 0 Å². The lowest BCUT2D eigenvalue weighted by Crippen LogP contribution is -2.50. The zero-order valence-electron chi connectivity index (χ0n) is 24.9. The minimum absolute atomic E-state index is 0.0976. The maximum Gasteiger partial charge on any atom is 0.319 e. The Morgan fingerprint density at radius 3 is 1.52 bits per heavy atom. The van der Waals surface area contributed by atoms with Crippen LogP contribution in [0.4, 0.5) is 4.79 Å². The maximum absolute atomic E-state index is 13.5. The Kier molecular flexibility index (Phi) is 7.02. The largest absolute Gasteiger partial charge is 0.393 e. The monoisotopic (exact) mass is 592 g/mol. The molecule has 0 spiro atoms. The minimum atomic E-state index is -0.430. The van der Waals surface area contributed by atoms with Crippen molar-refractivity contribution in [3.63, 3.8) is 0 Å². The Bertz CT molecular complexity index is 1530. The molecule has 0 bridgehead atoms. The first-order valence-electron chi connectivity index (χ1n) is 16.2. The predicted octanol–water partition coefficient (Wildman–Crippen LogP) is 4.97. The van der Waals surface area contributed by atoms with Gasteiger partial charge in [-0.3, -0.25) is 0 Å². The lowest BCUT2D eigenvalue weighted by molar-refractivity contribution is 0.0361. The van der Waals surface area contributed by atoms with E-state index in [0.717, 1.165) is 37.1 Å². The summed E-state index contributed by atoms with van der Waals surface area (Å²) in [5.74, 6) is 0.354. The average molecular weight is 593 g/mol. The molecule has 4 aromatic rings. The van der Waals surface area contributed by atoms with Gasteiger partial charge < -0.3 is 29.1 Å². The SMILES string of the molecule is O=C(N1CCC(C(O)CC2c3ccccc3-c3cncn32)CC1)N1CCC(C(O)CC2c3ccccc3-c3cncn32)CC1. The highest BCUT2D eigenvalue weighted by atomic mass is 16.3. The molecule has 2 aromatic heterocycles. The first-order valence-corrected chi connectivity index (χ1v) is 16.2. The van der Waals surface area contributed by atoms with Crippen LogP contribution in [0.15, 0.2) is 73.6 Å². The summed E-state index contributed by atoms with van der Waals surface area (Å²) < 4.78 is 4.38. The zero-order chi connectivity index (χ0) is 29.8. The minimum Gasteiger partial charge on any atom is -0.393 e. The van der Waals surface area contributed by atoms with Gasteiger partial charge in [0.05, 0.1) is 60.7 Å². The summed E-state index contributed by atoms with van der Waals surface area (Å²) in [6.45, 7) is 2.70. The number of piperidine rings is 2. The van der Waals surface area contributed by atoms with E-state index in [9.17, 15) is 15.0 Å². The summed E-state index contributed by atoms with van der Waals surface area (Å²) in [7, 11) is 0. The first kappa shape index (κ1) is 27.6. The highest BCUT2D eigenvalue weighted by Gasteiger charge is 2.37. The number of amides is 2. The standard InChI is InChI=1S/C35H40N6O3/c42-33(17-29-25-5-1-3-7-27(25)31-19-36-21-40(29)31)23-9-13-38(14-10-23)35(44)39-15-11-24(12-16-39)34(43)18-30-26-6-2-4-8-28(26)32-20-37-22-41(30)32/h1-8,19-24,29-30,33-34,42-43H,9-18H2. The second-order valence-electron chi connectivity index (χ2n) is 13.1. The summed E-state index contributed by atoms with van der Waals surface area (Å²) in [5.41, 5.74) is 7.15. The highest BCUT2D eigenvalue weighted by Crippen LogP contribution is 2.44. The molecule has 2 fully saturated rings. The number of fused-ring (bicyclic) bond motifs is 6. The number of carbonyl (C=O) groups is 1. The fraction of sp³-hybridized carbons (Fsp3) is 0.457. The van der Waals surface area contributed by atoms with Gasteiger partial charge in [0.15, 0.2) is 0 Å². The summed E-state index contributed by atoms with van der Waals surface area (Å²) in [6.07, 6.45) is 11.3. The first-order chi connectivity index (χ1) is 21.6. The van der Waals surface area contributed by atoms with Gasteiger partial charge in [0.25, 0.3) is 0 Å². The normalized spacial score (nSPS) is 22.8. The second-order valence-corrected chi connectivity index (χ2v) is 13.1. The number of rotatable bonds is 6. The van der Waals surface area contributed by atoms with Gasteiger partial charge in [-0.2, -0.15) is 0 Å². The van der Waals surface area contributed by atoms with Crippen LogP contribution in [0, 0.1) is 11.8 Å². The predicted molar refractivity (Wildman–Crippen MR) is 167 cm³/mol. The Morgan fingerprint density at radius 1 is 0.682 bits per heavy atom. The molecular formula is C35H40N6O3. The molecule has 4 aliphatic rings. The summed E-state index contributed by atoms with van der Waals surface area (Å²) >= 11 is 0. The van der Waals surface area contributed by atoms with E-state index >= 15 is 0 Å². The van der Waals surface area contributed by atoms with Crippen LogP contribution in [0.5, 0.6) is 0 Å².